The van der Waals surface area contributed by atoms with Gasteiger partial charge in [-0.25, -0.2) is 4.39 Å². The second kappa shape index (κ2) is 6.53. The summed E-state index contributed by atoms with van der Waals surface area (Å²) in [6.45, 7) is 4.48. The molecule has 0 heterocycles. The molecule has 0 amide bonds. The Kier molecular flexibility index (Phi) is 4.74. The van der Waals surface area contributed by atoms with E-state index in [9.17, 15) is 4.39 Å². The first-order valence-corrected chi connectivity index (χ1v) is 6.73. The zero-order valence-electron chi connectivity index (χ0n) is 12.1. The van der Waals surface area contributed by atoms with Gasteiger partial charge in [0.2, 0.25) is 0 Å². The topological polar surface area (TPSA) is 21.3 Å². The molecule has 2 rings (SSSR count). The van der Waals surface area contributed by atoms with E-state index >= 15 is 0 Å². The van der Waals surface area contributed by atoms with Crippen LogP contribution < -0.4 is 10.1 Å². The lowest BCUT2D eigenvalue weighted by Gasteiger charge is -2.16. The monoisotopic (exact) mass is 273 g/mol. The van der Waals surface area contributed by atoms with Crippen molar-refractivity contribution >= 4 is 0 Å². The number of hydrogen-bond donors (Lipinski definition) is 1. The van der Waals surface area contributed by atoms with Crippen molar-refractivity contribution in [2.24, 2.45) is 0 Å². The maximum atomic E-state index is 13.6. The third-order valence-electron chi connectivity index (χ3n) is 3.49. The molecule has 1 atom stereocenters. The van der Waals surface area contributed by atoms with Gasteiger partial charge >= 0.3 is 0 Å². The minimum absolute atomic E-state index is 0.0787. The van der Waals surface area contributed by atoms with Crippen molar-refractivity contribution in [2.75, 3.05) is 7.11 Å². The summed E-state index contributed by atoms with van der Waals surface area (Å²) < 4.78 is 18.9. The molecular weight excluding hydrogens is 253 g/mol. The lowest BCUT2D eigenvalue weighted by molar-refractivity contribution is 0.406. The van der Waals surface area contributed by atoms with Gasteiger partial charge < -0.3 is 10.1 Å². The Bertz CT molecular complexity index is 583. The van der Waals surface area contributed by atoms with Crippen LogP contribution in [-0.2, 0) is 6.54 Å². The van der Waals surface area contributed by atoms with Crippen molar-refractivity contribution in [2.45, 2.75) is 26.4 Å². The minimum Gasteiger partial charge on any atom is -0.496 e. The highest BCUT2D eigenvalue weighted by atomic mass is 19.1. The van der Waals surface area contributed by atoms with Crippen LogP contribution in [0.1, 0.15) is 29.7 Å². The van der Waals surface area contributed by atoms with Gasteiger partial charge in [-0.05, 0) is 37.1 Å². The number of ether oxygens (including phenoxy) is 1. The molecule has 0 spiro atoms. The Morgan fingerprint density at radius 1 is 1.20 bits per heavy atom. The van der Waals surface area contributed by atoms with Gasteiger partial charge in [0.1, 0.15) is 11.6 Å². The average Bonchev–Trinajstić information content (AvgIpc) is 2.47. The van der Waals surface area contributed by atoms with Crippen LogP contribution in [0.5, 0.6) is 5.75 Å². The summed E-state index contributed by atoms with van der Waals surface area (Å²) in [5.74, 6) is 0.704. The van der Waals surface area contributed by atoms with E-state index in [1.54, 1.807) is 20.1 Å². The lowest BCUT2D eigenvalue weighted by Crippen LogP contribution is -2.18. The van der Waals surface area contributed by atoms with E-state index in [4.69, 9.17) is 4.74 Å². The van der Waals surface area contributed by atoms with Gasteiger partial charge in [0, 0.05) is 18.2 Å². The van der Waals surface area contributed by atoms with Crippen LogP contribution >= 0.6 is 0 Å². The molecule has 0 aliphatic carbocycles. The molecule has 0 aliphatic heterocycles. The fourth-order valence-electron chi connectivity index (χ4n) is 2.11. The molecule has 20 heavy (non-hydrogen) atoms. The molecule has 2 aromatic rings. The highest BCUT2D eigenvalue weighted by Gasteiger charge is 2.09. The predicted octanol–water partition coefficient (Wildman–Crippen LogP) is 3.99. The Morgan fingerprint density at radius 3 is 2.65 bits per heavy atom. The van der Waals surface area contributed by atoms with Crippen LogP contribution in [0.2, 0.25) is 0 Å². The average molecular weight is 273 g/mol. The zero-order valence-corrected chi connectivity index (χ0v) is 12.1. The second-order valence-corrected chi connectivity index (χ2v) is 4.92. The Balaban J connectivity index is 2.04. The molecule has 1 unspecified atom stereocenters. The van der Waals surface area contributed by atoms with Crippen LogP contribution in [0, 0.1) is 12.7 Å². The summed E-state index contributed by atoms with van der Waals surface area (Å²) in [6, 6.07) is 13.3. The van der Waals surface area contributed by atoms with Crippen LogP contribution in [0.4, 0.5) is 4.39 Å². The molecule has 2 aromatic carbocycles. The number of para-hydroxylation sites is 1. The first kappa shape index (κ1) is 14.5. The fraction of sp³-hybridized carbons (Fsp3) is 0.294. The predicted molar refractivity (Wildman–Crippen MR) is 79.4 cm³/mol. The fourth-order valence-corrected chi connectivity index (χ4v) is 2.11. The minimum atomic E-state index is -0.159. The third-order valence-corrected chi connectivity index (χ3v) is 3.49. The van der Waals surface area contributed by atoms with Crippen molar-refractivity contribution in [1.29, 1.82) is 0 Å². The largest absolute Gasteiger partial charge is 0.496 e. The molecule has 0 saturated heterocycles. The maximum absolute atomic E-state index is 13.6. The number of nitrogens with one attached hydrogen (secondary N) is 1. The third kappa shape index (κ3) is 3.36. The number of benzene rings is 2. The van der Waals surface area contributed by atoms with Crippen molar-refractivity contribution in [1.82, 2.24) is 5.32 Å². The van der Waals surface area contributed by atoms with Crippen LogP contribution in [0.3, 0.4) is 0 Å². The van der Waals surface area contributed by atoms with Gasteiger partial charge in [0.05, 0.1) is 7.11 Å². The summed E-state index contributed by atoms with van der Waals surface area (Å²) >= 11 is 0. The van der Waals surface area contributed by atoms with Gasteiger partial charge in [0.15, 0.2) is 0 Å². The highest BCUT2D eigenvalue weighted by Crippen LogP contribution is 2.20. The summed E-state index contributed by atoms with van der Waals surface area (Å²) in [7, 11) is 1.66. The maximum Gasteiger partial charge on any atom is 0.126 e. The molecule has 1 N–H and O–H groups in total. The molecule has 3 heteroatoms. The molecule has 0 saturated carbocycles. The van der Waals surface area contributed by atoms with Gasteiger partial charge in [-0.1, -0.05) is 30.3 Å². The van der Waals surface area contributed by atoms with Crippen molar-refractivity contribution < 1.29 is 9.13 Å². The smallest absolute Gasteiger partial charge is 0.126 e. The molecule has 0 radical (unpaired) electrons. The van der Waals surface area contributed by atoms with Gasteiger partial charge in [-0.3, -0.25) is 0 Å². The van der Waals surface area contributed by atoms with Crippen LogP contribution in [0.25, 0.3) is 0 Å². The highest BCUT2D eigenvalue weighted by molar-refractivity contribution is 5.33. The van der Waals surface area contributed by atoms with Crippen molar-refractivity contribution in [3.8, 4) is 5.75 Å². The molecule has 106 valence electrons. The number of hydrogen-bond acceptors (Lipinski definition) is 2. The standard InChI is InChI=1S/C17H20FNO/c1-12-8-9-14(10-16(12)18)13(2)19-11-15-6-4-5-7-17(15)20-3/h4-10,13,19H,11H2,1-3H3. The molecule has 2 nitrogen and oxygen atoms in total. The normalized spacial score (nSPS) is 12.2. The first-order valence-electron chi connectivity index (χ1n) is 6.73. The number of methoxy groups -OCH3 is 1. The number of halogens is 1. The number of aryl methyl sites for hydroxylation is 1. The zero-order chi connectivity index (χ0) is 14.5. The molecule has 0 aromatic heterocycles. The van der Waals surface area contributed by atoms with Gasteiger partial charge in [-0.15, -0.1) is 0 Å². The van der Waals surface area contributed by atoms with E-state index in [-0.39, 0.29) is 11.9 Å². The number of rotatable bonds is 5. The van der Waals surface area contributed by atoms with E-state index < -0.39 is 0 Å². The van der Waals surface area contributed by atoms with Gasteiger partial charge in [-0.2, -0.15) is 0 Å². The summed E-state index contributed by atoms with van der Waals surface area (Å²) in [4.78, 5) is 0. The van der Waals surface area contributed by atoms with E-state index in [0.717, 1.165) is 16.9 Å². The Morgan fingerprint density at radius 2 is 1.95 bits per heavy atom. The van der Waals surface area contributed by atoms with Crippen LogP contribution in [-0.4, -0.2) is 7.11 Å². The summed E-state index contributed by atoms with van der Waals surface area (Å²) in [6.07, 6.45) is 0. The van der Waals surface area contributed by atoms with Crippen LogP contribution in [0.15, 0.2) is 42.5 Å². The van der Waals surface area contributed by atoms with E-state index in [2.05, 4.69) is 5.32 Å². The first-order chi connectivity index (χ1) is 9.61. The quantitative estimate of drug-likeness (QED) is 0.889. The molecule has 0 aliphatic rings. The summed E-state index contributed by atoms with van der Waals surface area (Å²) in [5.41, 5.74) is 2.71. The van der Waals surface area contributed by atoms with E-state index in [1.807, 2.05) is 43.3 Å². The van der Waals surface area contributed by atoms with Gasteiger partial charge in [0.25, 0.3) is 0 Å². The van der Waals surface area contributed by atoms with E-state index in [0.29, 0.717) is 12.1 Å². The lowest BCUT2D eigenvalue weighted by atomic mass is 10.1. The van der Waals surface area contributed by atoms with E-state index in [1.165, 1.54) is 0 Å². The van der Waals surface area contributed by atoms with Crippen molar-refractivity contribution in [3.05, 3.63) is 65.0 Å². The molecule has 0 bridgehead atoms. The SMILES string of the molecule is COc1ccccc1CNC(C)c1ccc(C)c(F)c1. The second-order valence-electron chi connectivity index (χ2n) is 4.92. The summed E-state index contributed by atoms with van der Waals surface area (Å²) in [5, 5.41) is 3.39. The van der Waals surface area contributed by atoms with Crippen molar-refractivity contribution in [3.63, 3.8) is 0 Å². The molecule has 0 fully saturated rings. The molecular formula is C17H20FNO. The Labute approximate surface area is 119 Å². The Hall–Kier alpha value is -1.87.